The Balaban J connectivity index is 1.26. The Kier molecular flexibility index (Phi) is 6.72. The van der Waals surface area contributed by atoms with Gasteiger partial charge in [0.15, 0.2) is 17.5 Å². The van der Waals surface area contributed by atoms with Crippen molar-refractivity contribution < 1.29 is 0 Å². The van der Waals surface area contributed by atoms with Gasteiger partial charge in [0.2, 0.25) is 0 Å². The molecule has 9 aromatic rings. The summed E-state index contributed by atoms with van der Waals surface area (Å²) in [6.07, 6.45) is 0. The van der Waals surface area contributed by atoms with E-state index in [1.165, 1.54) is 0 Å². The lowest BCUT2D eigenvalue weighted by Crippen LogP contribution is -2.00. The lowest BCUT2D eigenvalue weighted by molar-refractivity contribution is 1.07. The van der Waals surface area contributed by atoms with Crippen molar-refractivity contribution in [2.24, 2.45) is 0 Å². The summed E-state index contributed by atoms with van der Waals surface area (Å²) in [5.74, 6) is 1.87. The second-order valence-corrected chi connectivity index (χ2v) is 11.7. The highest BCUT2D eigenvalue weighted by Crippen LogP contribution is 2.38. The molecule has 0 aliphatic rings. The molecule has 0 aliphatic carbocycles. The first-order valence-electron chi connectivity index (χ1n) is 15.9. The van der Waals surface area contributed by atoms with Gasteiger partial charge >= 0.3 is 0 Å². The Morgan fingerprint density at radius 1 is 0.292 bits per heavy atom. The lowest BCUT2D eigenvalue weighted by atomic mass is 9.95. The molecule has 224 valence electrons. The summed E-state index contributed by atoms with van der Waals surface area (Å²) in [6, 6.07) is 55.7. The Morgan fingerprint density at radius 3 is 1.50 bits per heavy atom. The molecular weight excluding hydrogens is 587 g/mol. The zero-order valence-corrected chi connectivity index (χ0v) is 25.8. The molecule has 0 radical (unpaired) electrons. The quantitative estimate of drug-likeness (QED) is 0.181. The van der Waals surface area contributed by atoms with Gasteiger partial charge < -0.3 is 0 Å². The number of nitrogens with zero attached hydrogens (tertiary/aromatic N) is 5. The van der Waals surface area contributed by atoms with Crippen LogP contribution in [0.5, 0.6) is 0 Å². The van der Waals surface area contributed by atoms with Crippen molar-refractivity contribution in [3.05, 3.63) is 164 Å². The smallest absolute Gasteiger partial charge is 0.164 e. The highest BCUT2D eigenvalue weighted by atomic mass is 15.0. The summed E-state index contributed by atoms with van der Waals surface area (Å²) in [5.41, 5.74) is 8.53. The zero-order valence-electron chi connectivity index (χ0n) is 25.8. The van der Waals surface area contributed by atoms with Crippen molar-refractivity contribution in [3.8, 4) is 56.7 Å². The first kappa shape index (κ1) is 27.7. The molecule has 0 saturated carbocycles. The van der Waals surface area contributed by atoms with E-state index >= 15 is 0 Å². The van der Waals surface area contributed by atoms with E-state index in [1.54, 1.807) is 0 Å². The SMILES string of the molecule is c1ccc(-c2ccc3c(ccc4c5ccccc5nc(-c5cccc(-c6nc(-c7ccccc7)nc(-c7ccccc7)n6)c5)c34)n2)cc1. The minimum absolute atomic E-state index is 0.605. The molecule has 3 aromatic heterocycles. The molecule has 0 N–H and O–H groups in total. The van der Waals surface area contributed by atoms with Gasteiger partial charge in [-0.3, -0.25) is 0 Å². The summed E-state index contributed by atoms with van der Waals surface area (Å²) in [7, 11) is 0. The van der Waals surface area contributed by atoms with Crippen LogP contribution in [0.15, 0.2) is 164 Å². The molecule has 0 atom stereocenters. The second kappa shape index (κ2) is 11.6. The topological polar surface area (TPSA) is 64.5 Å². The van der Waals surface area contributed by atoms with Crippen molar-refractivity contribution in [3.63, 3.8) is 0 Å². The molecule has 0 saturated heterocycles. The van der Waals surface area contributed by atoms with Gasteiger partial charge in [-0.25, -0.2) is 24.9 Å². The molecule has 48 heavy (non-hydrogen) atoms. The van der Waals surface area contributed by atoms with Crippen molar-refractivity contribution in [2.75, 3.05) is 0 Å². The molecule has 0 fully saturated rings. The Bertz CT molecular complexity index is 2550. The van der Waals surface area contributed by atoms with E-state index in [1.807, 2.05) is 84.9 Å². The van der Waals surface area contributed by atoms with E-state index in [0.717, 1.165) is 71.8 Å². The number of aromatic nitrogens is 5. The van der Waals surface area contributed by atoms with E-state index in [2.05, 4.69) is 78.9 Å². The number of benzene rings is 6. The van der Waals surface area contributed by atoms with Crippen molar-refractivity contribution in [1.29, 1.82) is 0 Å². The average Bonchev–Trinajstić information content (AvgIpc) is 3.18. The maximum absolute atomic E-state index is 5.29. The third-order valence-corrected chi connectivity index (χ3v) is 8.70. The molecule has 5 nitrogen and oxygen atoms in total. The fraction of sp³-hybridized carbons (Fsp3) is 0. The molecule has 0 unspecified atom stereocenters. The first-order chi connectivity index (χ1) is 23.8. The molecule has 0 spiro atoms. The molecule has 0 bridgehead atoms. The number of fused-ring (bicyclic) bond motifs is 5. The standard InChI is InChI=1S/C43H27N5/c1-4-13-28(14-5-1)36-25-24-35-38(44-36)26-23-34-33-21-10-11-22-37(33)45-40(39(34)35)31-19-12-20-32(27-31)43-47-41(29-15-6-2-7-16-29)46-42(48-43)30-17-8-3-9-18-30/h1-27H. The van der Waals surface area contributed by atoms with Gasteiger partial charge in [0, 0.05) is 44.0 Å². The highest BCUT2D eigenvalue weighted by molar-refractivity contribution is 6.20. The van der Waals surface area contributed by atoms with Gasteiger partial charge in [-0.1, -0.05) is 133 Å². The lowest BCUT2D eigenvalue weighted by Gasteiger charge is -2.14. The summed E-state index contributed by atoms with van der Waals surface area (Å²) in [5, 5.41) is 4.38. The van der Waals surface area contributed by atoms with E-state index in [4.69, 9.17) is 24.9 Å². The van der Waals surface area contributed by atoms with Gasteiger partial charge in [-0.2, -0.15) is 0 Å². The summed E-state index contributed by atoms with van der Waals surface area (Å²) < 4.78 is 0. The van der Waals surface area contributed by atoms with Crippen molar-refractivity contribution >= 4 is 32.6 Å². The Labute approximate surface area is 277 Å². The normalized spacial score (nSPS) is 11.3. The molecule has 3 heterocycles. The summed E-state index contributed by atoms with van der Waals surface area (Å²) >= 11 is 0. The third-order valence-electron chi connectivity index (χ3n) is 8.70. The van der Waals surface area contributed by atoms with E-state index in [9.17, 15) is 0 Å². The van der Waals surface area contributed by atoms with Crippen molar-refractivity contribution in [2.45, 2.75) is 0 Å². The molecular formula is C43H27N5. The Hall–Kier alpha value is -6.59. The summed E-state index contributed by atoms with van der Waals surface area (Å²) in [6.45, 7) is 0. The monoisotopic (exact) mass is 613 g/mol. The molecule has 6 aromatic carbocycles. The summed E-state index contributed by atoms with van der Waals surface area (Å²) in [4.78, 5) is 25.2. The van der Waals surface area contributed by atoms with Crippen LogP contribution in [0.25, 0.3) is 89.3 Å². The maximum atomic E-state index is 5.29. The van der Waals surface area contributed by atoms with Crippen LogP contribution in [0.2, 0.25) is 0 Å². The average molecular weight is 614 g/mol. The van der Waals surface area contributed by atoms with Crippen LogP contribution in [-0.4, -0.2) is 24.9 Å². The molecule has 0 aliphatic heterocycles. The van der Waals surface area contributed by atoms with Gasteiger partial charge in [0.1, 0.15) is 0 Å². The van der Waals surface area contributed by atoms with Gasteiger partial charge in [0.25, 0.3) is 0 Å². The van der Waals surface area contributed by atoms with Crippen LogP contribution in [0.3, 0.4) is 0 Å². The maximum Gasteiger partial charge on any atom is 0.164 e. The van der Waals surface area contributed by atoms with E-state index in [-0.39, 0.29) is 0 Å². The van der Waals surface area contributed by atoms with Crippen LogP contribution in [0.1, 0.15) is 0 Å². The van der Waals surface area contributed by atoms with E-state index in [0.29, 0.717) is 17.5 Å². The predicted octanol–water partition coefficient (Wildman–Crippen LogP) is 10.5. The zero-order chi connectivity index (χ0) is 31.9. The highest BCUT2D eigenvalue weighted by Gasteiger charge is 2.17. The number of para-hydroxylation sites is 1. The molecule has 9 rings (SSSR count). The van der Waals surface area contributed by atoms with Gasteiger partial charge in [-0.15, -0.1) is 0 Å². The molecule has 5 heteroatoms. The minimum atomic E-state index is 0.605. The third kappa shape index (κ3) is 4.95. The van der Waals surface area contributed by atoms with Crippen LogP contribution in [-0.2, 0) is 0 Å². The van der Waals surface area contributed by atoms with Crippen LogP contribution in [0, 0.1) is 0 Å². The van der Waals surface area contributed by atoms with Crippen LogP contribution in [0.4, 0.5) is 0 Å². The number of hydrogen-bond donors (Lipinski definition) is 0. The van der Waals surface area contributed by atoms with Crippen LogP contribution >= 0.6 is 0 Å². The van der Waals surface area contributed by atoms with Gasteiger partial charge in [0.05, 0.1) is 22.4 Å². The van der Waals surface area contributed by atoms with Crippen LogP contribution < -0.4 is 0 Å². The fourth-order valence-electron chi connectivity index (χ4n) is 6.38. The first-order valence-corrected chi connectivity index (χ1v) is 15.9. The second-order valence-electron chi connectivity index (χ2n) is 11.7. The van der Waals surface area contributed by atoms with Crippen molar-refractivity contribution in [1.82, 2.24) is 24.9 Å². The Morgan fingerprint density at radius 2 is 0.812 bits per heavy atom. The largest absolute Gasteiger partial charge is 0.248 e. The predicted molar refractivity (Wildman–Crippen MR) is 195 cm³/mol. The number of rotatable bonds is 5. The number of pyridine rings is 2. The van der Waals surface area contributed by atoms with Gasteiger partial charge in [-0.05, 0) is 35.7 Å². The molecule has 0 amide bonds. The minimum Gasteiger partial charge on any atom is -0.248 e. The number of hydrogen-bond acceptors (Lipinski definition) is 5. The fourth-order valence-corrected chi connectivity index (χ4v) is 6.38. The van der Waals surface area contributed by atoms with E-state index < -0.39 is 0 Å².